The van der Waals surface area contributed by atoms with Crippen molar-refractivity contribution in [1.82, 2.24) is 18.7 Å². The number of aromatic nitrogens is 3. The Morgan fingerprint density at radius 1 is 1.22 bits per heavy atom. The van der Waals surface area contributed by atoms with Gasteiger partial charge in [-0.05, 0) is 43.9 Å². The smallest absolute Gasteiger partial charge is 0.383 e. The molecule has 1 aromatic heterocycles. The first-order chi connectivity index (χ1) is 15.1. The lowest BCUT2D eigenvalue weighted by molar-refractivity contribution is -0.137. The van der Waals surface area contributed by atoms with Gasteiger partial charge in [-0.15, -0.1) is 0 Å². The maximum absolute atomic E-state index is 13.1. The van der Waals surface area contributed by atoms with E-state index in [-0.39, 0.29) is 30.7 Å². The van der Waals surface area contributed by atoms with Gasteiger partial charge >= 0.3 is 11.9 Å². The van der Waals surface area contributed by atoms with Crippen LogP contribution < -0.4 is 5.69 Å². The molecular formula is C20H25F3N4O4S. The Morgan fingerprint density at radius 2 is 1.97 bits per heavy atom. The summed E-state index contributed by atoms with van der Waals surface area (Å²) in [5.41, 5.74) is -1.25. The second-order valence-electron chi connectivity index (χ2n) is 8.19. The Hall–Kier alpha value is -2.18. The molecule has 1 atom stereocenters. The van der Waals surface area contributed by atoms with Crippen molar-refractivity contribution in [3.63, 3.8) is 0 Å². The second kappa shape index (κ2) is 8.64. The first-order valence-electron chi connectivity index (χ1n) is 10.5. The number of halogens is 3. The summed E-state index contributed by atoms with van der Waals surface area (Å²) in [6, 6.07) is 3.84. The highest BCUT2D eigenvalue weighted by atomic mass is 32.2. The van der Waals surface area contributed by atoms with Crippen LogP contribution in [0, 0.1) is 0 Å². The summed E-state index contributed by atoms with van der Waals surface area (Å²) in [6.07, 6.45) is -1.75. The van der Waals surface area contributed by atoms with Crippen LogP contribution in [0.5, 0.6) is 0 Å². The Bertz CT molecular complexity index is 1140. The van der Waals surface area contributed by atoms with E-state index in [0.29, 0.717) is 37.9 Å². The summed E-state index contributed by atoms with van der Waals surface area (Å²) in [6.45, 7) is 0.877. The molecule has 0 N–H and O–H groups in total. The minimum absolute atomic E-state index is 0.0595. The van der Waals surface area contributed by atoms with E-state index in [9.17, 15) is 26.4 Å². The fourth-order valence-corrected chi connectivity index (χ4v) is 5.64. The van der Waals surface area contributed by atoms with Gasteiger partial charge in [0.25, 0.3) is 0 Å². The number of piperidine rings is 1. The molecule has 0 amide bonds. The number of nitrogens with zero attached hydrogens (tertiary/aromatic N) is 4. The SMILES string of the molecule is COCCn1nc(C2CCCN(S(=O)(=O)c3cccc(C(F)(F)F)c3)C2)n(C2CC2)c1=O. The molecule has 8 nitrogen and oxygen atoms in total. The van der Waals surface area contributed by atoms with Crippen LogP contribution in [0.2, 0.25) is 0 Å². The minimum Gasteiger partial charge on any atom is -0.383 e. The van der Waals surface area contributed by atoms with Crippen LogP contribution in [-0.4, -0.2) is 53.9 Å². The van der Waals surface area contributed by atoms with E-state index in [1.54, 1.807) is 4.57 Å². The van der Waals surface area contributed by atoms with Gasteiger partial charge in [-0.1, -0.05) is 6.07 Å². The molecule has 2 aliphatic rings. The molecule has 32 heavy (non-hydrogen) atoms. The Morgan fingerprint density at radius 3 is 2.62 bits per heavy atom. The summed E-state index contributed by atoms with van der Waals surface area (Å²) in [5.74, 6) is 0.221. The summed E-state index contributed by atoms with van der Waals surface area (Å²) in [7, 11) is -2.60. The Balaban J connectivity index is 1.62. The summed E-state index contributed by atoms with van der Waals surface area (Å²) in [5, 5.41) is 4.48. The molecular weight excluding hydrogens is 449 g/mol. The molecule has 0 radical (unpaired) electrons. The van der Waals surface area contributed by atoms with Gasteiger partial charge in [0, 0.05) is 32.2 Å². The van der Waals surface area contributed by atoms with Gasteiger partial charge in [0.15, 0.2) is 0 Å². The molecule has 0 bridgehead atoms. The monoisotopic (exact) mass is 474 g/mol. The van der Waals surface area contributed by atoms with Crippen LogP contribution in [0.15, 0.2) is 34.0 Å². The quantitative estimate of drug-likeness (QED) is 0.616. The highest BCUT2D eigenvalue weighted by Crippen LogP contribution is 2.38. The van der Waals surface area contributed by atoms with Gasteiger partial charge in [-0.3, -0.25) is 4.57 Å². The van der Waals surface area contributed by atoms with Crippen molar-refractivity contribution >= 4 is 10.0 Å². The number of ether oxygens (including phenoxy) is 1. The molecule has 176 valence electrons. The van der Waals surface area contributed by atoms with Gasteiger partial charge in [0.05, 0.1) is 23.6 Å². The number of rotatable bonds is 7. The summed E-state index contributed by atoms with van der Waals surface area (Å²) in [4.78, 5) is 12.4. The van der Waals surface area contributed by atoms with Gasteiger partial charge < -0.3 is 4.74 Å². The number of sulfonamides is 1. The van der Waals surface area contributed by atoms with Crippen molar-refractivity contribution in [3.05, 3.63) is 46.1 Å². The lowest BCUT2D eigenvalue weighted by Crippen LogP contribution is -2.40. The average molecular weight is 475 g/mol. The van der Waals surface area contributed by atoms with Crippen LogP contribution in [-0.2, 0) is 27.5 Å². The first kappa shape index (κ1) is 23.0. The Labute approximate surface area is 183 Å². The van der Waals surface area contributed by atoms with Crippen molar-refractivity contribution in [3.8, 4) is 0 Å². The standard InChI is InChI=1S/C20H25F3N4O4S/c1-31-11-10-26-19(28)27(16-7-8-16)18(24-26)14-4-3-9-25(13-14)32(29,30)17-6-2-5-15(12-17)20(21,22)23/h2,5-6,12,14,16H,3-4,7-11,13H2,1H3. The fourth-order valence-electron chi connectivity index (χ4n) is 4.07. The highest BCUT2D eigenvalue weighted by Gasteiger charge is 2.38. The molecule has 1 saturated carbocycles. The maximum atomic E-state index is 13.1. The van der Waals surface area contributed by atoms with Crippen molar-refractivity contribution in [2.75, 3.05) is 26.8 Å². The van der Waals surface area contributed by atoms with E-state index in [1.165, 1.54) is 22.2 Å². The van der Waals surface area contributed by atoms with E-state index < -0.39 is 26.7 Å². The van der Waals surface area contributed by atoms with E-state index in [4.69, 9.17) is 4.74 Å². The summed E-state index contributed by atoms with van der Waals surface area (Å²) >= 11 is 0. The Kier molecular flexibility index (Phi) is 6.21. The number of benzene rings is 1. The van der Waals surface area contributed by atoms with Crippen molar-refractivity contribution in [2.24, 2.45) is 0 Å². The zero-order valence-electron chi connectivity index (χ0n) is 17.6. The van der Waals surface area contributed by atoms with Crippen LogP contribution in [0.1, 0.15) is 49.0 Å². The molecule has 1 aliphatic carbocycles. The molecule has 2 aromatic rings. The third-order valence-corrected chi connectivity index (χ3v) is 7.73. The topological polar surface area (TPSA) is 86.4 Å². The van der Waals surface area contributed by atoms with E-state index >= 15 is 0 Å². The lowest BCUT2D eigenvalue weighted by Gasteiger charge is -2.31. The molecule has 0 spiro atoms. The van der Waals surface area contributed by atoms with Crippen LogP contribution >= 0.6 is 0 Å². The number of methoxy groups -OCH3 is 1. The van der Waals surface area contributed by atoms with Crippen LogP contribution in [0.25, 0.3) is 0 Å². The van der Waals surface area contributed by atoms with E-state index in [0.717, 1.165) is 25.0 Å². The third-order valence-electron chi connectivity index (χ3n) is 5.86. The molecule has 12 heteroatoms. The maximum Gasteiger partial charge on any atom is 0.416 e. The normalized spacial score (nSPS) is 20.6. The predicted molar refractivity (Wildman–Crippen MR) is 109 cm³/mol. The van der Waals surface area contributed by atoms with Gasteiger partial charge in [-0.25, -0.2) is 17.9 Å². The summed E-state index contributed by atoms with van der Waals surface area (Å²) < 4.78 is 74.7. The zero-order chi connectivity index (χ0) is 23.1. The highest BCUT2D eigenvalue weighted by molar-refractivity contribution is 7.89. The number of hydrogen-bond donors (Lipinski definition) is 0. The number of alkyl halides is 3. The van der Waals surface area contributed by atoms with Crippen molar-refractivity contribution < 1.29 is 26.3 Å². The van der Waals surface area contributed by atoms with Gasteiger partial charge in [0.2, 0.25) is 10.0 Å². The minimum atomic E-state index is -4.63. The fraction of sp³-hybridized carbons (Fsp3) is 0.600. The van der Waals surface area contributed by atoms with Crippen LogP contribution in [0.3, 0.4) is 0 Å². The van der Waals surface area contributed by atoms with Gasteiger partial charge in [0.1, 0.15) is 5.82 Å². The molecule has 1 unspecified atom stereocenters. The molecule has 1 aromatic carbocycles. The van der Waals surface area contributed by atoms with E-state index in [1.807, 2.05) is 0 Å². The average Bonchev–Trinajstić information content (AvgIpc) is 3.55. The van der Waals surface area contributed by atoms with Gasteiger partial charge in [-0.2, -0.15) is 22.6 Å². The zero-order valence-corrected chi connectivity index (χ0v) is 18.4. The first-order valence-corrected chi connectivity index (χ1v) is 11.9. The molecule has 2 heterocycles. The lowest BCUT2D eigenvalue weighted by atomic mass is 9.99. The van der Waals surface area contributed by atoms with Crippen LogP contribution in [0.4, 0.5) is 13.2 Å². The molecule has 1 aliphatic heterocycles. The second-order valence-corrected chi connectivity index (χ2v) is 10.1. The molecule has 2 fully saturated rings. The number of hydrogen-bond acceptors (Lipinski definition) is 5. The molecule has 4 rings (SSSR count). The predicted octanol–water partition coefficient (Wildman–Crippen LogP) is 2.61. The van der Waals surface area contributed by atoms with Crippen molar-refractivity contribution in [1.29, 1.82) is 0 Å². The largest absolute Gasteiger partial charge is 0.416 e. The molecule has 1 saturated heterocycles. The van der Waals surface area contributed by atoms with Crippen molar-refractivity contribution in [2.45, 2.75) is 55.3 Å². The van der Waals surface area contributed by atoms with E-state index in [2.05, 4.69) is 5.10 Å². The third kappa shape index (κ3) is 4.48.